The van der Waals surface area contributed by atoms with E-state index in [0.29, 0.717) is 12.2 Å². The summed E-state index contributed by atoms with van der Waals surface area (Å²) in [6.07, 6.45) is 0.973. The van der Waals surface area contributed by atoms with Gasteiger partial charge in [-0.3, -0.25) is 4.79 Å². The van der Waals surface area contributed by atoms with Crippen LogP contribution >= 0.6 is 0 Å². The Balaban J connectivity index is 2.07. The summed E-state index contributed by atoms with van der Waals surface area (Å²) in [5.74, 6) is 0.721. The topological polar surface area (TPSA) is 41.6 Å². The molecular weight excluding hydrogens is 288 g/mol. The third-order valence-corrected chi connectivity index (χ3v) is 3.56. The number of nitrogens with one attached hydrogen (secondary N) is 1. The SMILES string of the molecule is CCCOc1ccc(NC(=O)c2ccc(N(C)C)cc2)c(C)c1. The number of nitrogens with zero attached hydrogens (tertiary/aromatic N) is 1. The zero-order valence-electron chi connectivity index (χ0n) is 14.2. The van der Waals surface area contributed by atoms with Crippen molar-refractivity contribution in [1.29, 1.82) is 0 Å². The minimum atomic E-state index is -0.111. The summed E-state index contributed by atoms with van der Waals surface area (Å²) >= 11 is 0. The second-order valence-electron chi connectivity index (χ2n) is 5.72. The molecule has 0 aliphatic rings. The number of hydrogen-bond donors (Lipinski definition) is 1. The van der Waals surface area contributed by atoms with Gasteiger partial charge in [-0.2, -0.15) is 0 Å². The summed E-state index contributed by atoms with van der Waals surface area (Å²) in [6, 6.07) is 13.2. The molecule has 0 bridgehead atoms. The van der Waals surface area contributed by atoms with E-state index in [1.165, 1.54) is 0 Å². The number of hydrogen-bond acceptors (Lipinski definition) is 3. The van der Waals surface area contributed by atoms with Gasteiger partial charge in [-0.15, -0.1) is 0 Å². The largest absolute Gasteiger partial charge is 0.494 e. The molecule has 1 amide bonds. The van der Waals surface area contributed by atoms with Gasteiger partial charge in [-0.1, -0.05) is 6.92 Å². The van der Waals surface area contributed by atoms with Crippen molar-refractivity contribution in [3.05, 3.63) is 53.6 Å². The van der Waals surface area contributed by atoms with Crippen molar-refractivity contribution >= 4 is 17.3 Å². The Hall–Kier alpha value is -2.49. The van der Waals surface area contributed by atoms with Crippen molar-refractivity contribution in [2.24, 2.45) is 0 Å². The Morgan fingerprint density at radius 3 is 2.39 bits per heavy atom. The Kier molecular flexibility index (Phi) is 5.63. The fraction of sp³-hybridized carbons (Fsp3) is 0.316. The summed E-state index contributed by atoms with van der Waals surface area (Å²) in [5.41, 5.74) is 3.49. The molecule has 0 unspecified atom stereocenters. The smallest absolute Gasteiger partial charge is 0.255 e. The Morgan fingerprint density at radius 1 is 1.13 bits per heavy atom. The molecule has 2 aromatic carbocycles. The van der Waals surface area contributed by atoms with Crippen LogP contribution in [-0.2, 0) is 0 Å². The van der Waals surface area contributed by atoms with Gasteiger partial charge < -0.3 is 15.0 Å². The number of anilines is 2. The van der Waals surface area contributed by atoms with Crippen molar-refractivity contribution < 1.29 is 9.53 Å². The monoisotopic (exact) mass is 312 g/mol. The van der Waals surface area contributed by atoms with Crippen molar-refractivity contribution in [3.63, 3.8) is 0 Å². The molecule has 0 saturated heterocycles. The van der Waals surface area contributed by atoms with Gasteiger partial charge in [-0.05, 0) is 61.4 Å². The van der Waals surface area contributed by atoms with Gasteiger partial charge in [0.15, 0.2) is 0 Å². The maximum Gasteiger partial charge on any atom is 0.255 e. The molecule has 2 aromatic rings. The van der Waals surface area contributed by atoms with Gasteiger partial charge in [0.05, 0.1) is 6.61 Å². The molecular formula is C19H24N2O2. The Morgan fingerprint density at radius 2 is 1.83 bits per heavy atom. The molecule has 0 aliphatic heterocycles. The van der Waals surface area contributed by atoms with E-state index in [1.807, 2.05) is 68.4 Å². The predicted octanol–water partition coefficient (Wildman–Crippen LogP) is 4.10. The lowest BCUT2D eigenvalue weighted by atomic mass is 10.1. The predicted molar refractivity (Wildman–Crippen MR) is 95.7 cm³/mol. The van der Waals surface area contributed by atoms with Crippen molar-refractivity contribution in [3.8, 4) is 5.75 Å². The number of ether oxygens (including phenoxy) is 1. The van der Waals surface area contributed by atoms with Crippen LogP contribution < -0.4 is 15.0 Å². The molecule has 0 spiro atoms. The normalized spacial score (nSPS) is 10.3. The summed E-state index contributed by atoms with van der Waals surface area (Å²) in [6.45, 7) is 4.73. The van der Waals surface area contributed by atoms with Gasteiger partial charge in [0.1, 0.15) is 5.75 Å². The second kappa shape index (κ2) is 7.68. The van der Waals surface area contributed by atoms with Crippen LogP contribution in [0.2, 0.25) is 0 Å². The van der Waals surface area contributed by atoms with Gasteiger partial charge in [0.25, 0.3) is 5.91 Å². The zero-order chi connectivity index (χ0) is 16.8. The molecule has 0 heterocycles. The molecule has 2 rings (SSSR count). The number of carbonyl (C=O) groups excluding carboxylic acids is 1. The van der Waals surface area contributed by atoms with E-state index in [2.05, 4.69) is 12.2 Å². The molecule has 23 heavy (non-hydrogen) atoms. The highest BCUT2D eigenvalue weighted by molar-refractivity contribution is 6.04. The van der Waals surface area contributed by atoms with Gasteiger partial charge >= 0.3 is 0 Å². The van der Waals surface area contributed by atoms with Gasteiger partial charge in [-0.25, -0.2) is 0 Å². The molecule has 1 N–H and O–H groups in total. The fourth-order valence-electron chi connectivity index (χ4n) is 2.19. The number of carbonyl (C=O) groups is 1. The average Bonchev–Trinajstić information content (AvgIpc) is 2.55. The van der Waals surface area contributed by atoms with Crippen LogP contribution in [0.3, 0.4) is 0 Å². The van der Waals surface area contributed by atoms with E-state index in [-0.39, 0.29) is 5.91 Å². The average molecular weight is 312 g/mol. The van der Waals surface area contributed by atoms with E-state index in [0.717, 1.165) is 29.1 Å². The van der Waals surface area contributed by atoms with Crippen molar-refractivity contribution in [2.45, 2.75) is 20.3 Å². The number of rotatable bonds is 6. The van der Waals surface area contributed by atoms with Crippen LogP contribution in [0.4, 0.5) is 11.4 Å². The van der Waals surface area contributed by atoms with Crippen LogP contribution in [0.5, 0.6) is 5.75 Å². The molecule has 0 aromatic heterocycles. The lowest BCUT2D eigenvalue weighted by Gasteiger charge is -2.13. The standard InChI is InChI=1S/C19H24N2O2/c1-5-12-23-17-10-11-18(14(2)13-17)20-19(22)15-6-8-16(9-7-15)21(3)4/h6-11,13H,5,12H2,1-4H3,(H,20,22). The molecule has 0 radical (unpaired) electrons. The maximum absolute atomic E-state index is 12.3. The molecule has 0 fully saturated rings. The summed E-state index contributed by atoms with van der Waals surface area (Å²) in [5, 5.41) is 2.95. The molecule has 0 atom stereocenters. The third kappa shape index (κ3) is 4.49. The van der Waals surface area contributed by atoms with Crippen LogP contribution in [0, 0.1) is 6.92 Å². The van der Waals surface area contributed by atoms with E-state index in [1.54, 1.807) is 0 Å². The summed E-state index contributed by atoms with van der Waals surface area (Å²) in [7, 11) is 3.95. The first-order valence-electron chi connectivity index (χ1n) is 7.83. The zero-order valence-corrected chi connectivity index (χ0v) is 14.2. The van der Waals surface area contributed by atoms with Crippen molar-refractivity contribution in [1.82, 2.24) is 0 Å². The fourth-order valence-corrected chi connectivity index (χ4v) is 2.19. The lowest BCUT2D eigenvalue weighted by Crippen LogP contribution is -2.13. The highest BCUT2D eigenvalue weighted by Gasteiger charge is 2.09. The Labute approximate surface area is 138 Å². The van der Waals surface area contributed by atoms with Crippen LogP contribution in [0.15, 0.2) is 42.5 Å². The van der Waals surface area contributed by atoms with Gasteiger partial charge in [0, 0.05) is 31.0 Å². The van der Waals surface area contributed by atoms with Gasteiger partial charge in [0.2, 0.25) is 0 Å². The molecule has 0 aliphatic carbocycles. The van der Waals surface area contributed by atoms with Crippen LogP contribution in [-0.4, -0.2) is 26.6 Å². The number of benzene rings is 2. The Bertz CT molecular complexity index is 664. The van der Waals surface area contributed by atoms with E-state index < -0.39 is 0 Å². The first kappa shape index (κ1) is 16.9. The first-order chi connectivity index (χ1) is 11.0. The minimum Gasteiger partial charge on any atom is -0.494 e. The highest BCUT2D eigenvalue weighted by Crippen LogP contribution is 2.22. The van der Waals surface area contributed by atoms with Crippen molar-refractivity contribution in [2.75, 3.05) is 30.9 Å². The van der Waals surface area contributed by atoms with Crippen LogP contribution in [0.1, 0.15) is 29.3 Å². The quantitative estimate of drug-likeness (QED) is 0.873. The molecule has 0 saturated carbocycles. The lowest BCUT2D eigenvalue weighted by molar-refractivity contribution is 0.102. The summed E-state index contributed by atoms with van der Waals surface area (Å²) in [4.78, 5) is 14.3. The number of aryl methyl sites for hydroxylation is 1. The second-order valence-corrected chi connectivity index (χ2v) is 5.72. The van der Waals surface area contributed by atoms with E-state index in [4.69, 9.17) is 4.74 Å². The molecule has 4 nitrogen and oxygen atoms in total. The maximum atomic E-state index is 12.3. The van der Waals surface area contributed by atoms with E-state index >= 15 is 0 Å². The summed E-state index contributed by atoms with van der Waals surface area (Å²) < 4.78 is 5.60. The minimum absolute atomic E-state index is 0.111. The van der Waals surface area contributed by atoms with Crippen LogP contribution in [0.25, 0.3) is 0 Å². The first-order valence-corrected chi connectivity index (χ1v) is 7.83. The third-order valence-electron chi connectivity index (χ3n) is 3.56. The number of amides is 1. The molecule has 122 valence electrons. The highest BCUT2D eigenvalue weighted by atomic mass is 16.5. The molecule has 4 heteroatoms. The van der Waals surface area contributed by atoms with E-state index in [9.17, 15) is 4.79 Å².